The van der Waals surface area contributed by atoms with Crippen molar-refractivity contribution in [1.82, 2.24) is 0 Å². The van der Waals surface area contributed by atoms with Crippen molar-refractivity contribution < 1.29 is 9.59 Å². The summed E-state index contributed by atoms with van der Waals surface area (Å²) in [5.41, 5.74) is 2.05. The molecule has 2 aromatic rings. The Hall–Kier alpha value is -2.42. The summed E-state index contributed by atoms with van der Waals surface area (Å²) in [6.45, 7) is 2.27. The second-order valence-electron chi connectivity index (χ2n) is 8.81. The fraction of sp³-hybridized carbons (Fsp3) is 0.517. The van der Waals surface area contributed by atoms with Crippen LogP contribution in [0.4, 0.5) is 5.69 Å². The number of unbranched alkanes of at least 4 members (excludes halogenated alkanes) is 12. The smallest absolute Gasteiger partial charge is 0.224 e. The first-order valence-electron chi connectivity index (χ1n) is 12.7. The minimum absolute atomic E-state index is 0.00421. The Labute approximate surface area is 195 Å². The lowest BCUT2D eigenvalue weighted by Crippen LogP contribution is -2.11. The van der Waals surface area contributed by atoms with Crippen molar-refractivity contribution in [3.8, 4) is 0 Å². The number of ketones is 1. The van der Waals surface area contributed by atoms with Gasteiger partial charge in [0.25, 0.3) is 0 Å². The minimum atomic E-state index is -0.00421. The zero-order valence-corrected chi connectivity index (χ0v) is 19.9. The normalized spacial score (nSPS) is 10.8. The fourth-order valence-electron chi connectivity index (χ4n) is 3.99. The molecule has 0 aliphatic heterocycles. The highest BCUT2D eigenvalue weighted by atomic mass is 16.1. The molecule has 0 bridgehead atoms. The van der Waals surface area contributed by atoms with E-state index in [4.69, 9.17) is 0 Å². The van der Waals surface area contributed by atoms with Gasteiger partial charge in [-0.15, -0.1) is 0 Å². The highest BCUT2D eigenvalue weighted by molar-refractivity contribution is 6.09. The van der Waals surface area contributed by atoms with E-state index in [1.54, 1.807) is 24.3 Å². The number of anilines is 1. The van der Waals surface area contributed by atoms with Crippen molar-refractivity contribution in [2.24, 2.45) is 0 Å². The molecular weight excluding hydrogens is 394 g/mol. The van der Waals surface area contributed by atoms with Crippen LogP contribution < -0.4 is 5.32 Å². The molecular formula is C29H41NO2. The molecule has 1 amide bonds. The largest absolute Gasteiger partial charge is 0.326 e. The highest BCUT2D eigenvalue weighted by Crippen LogP contribution is 2.16. The predicted octanol–water partition coefficient (Wildman–Crippen LogP) is 8.34. The van der Waals surface area contributed by atoms with E-state index in [0.29, 0.717) is 17.5 Å². The molecule has 3 nitrogen and oxygen atoms in total. The molecule has 174 valence electrons. The minimum Gasteiger partial charge on any atom is -0.326 e. The van der Waals surface area contributed by atoms with Gasteiger partial charge in [0, 0.05) is 23.2 Å². The third-order valence-electron chi connectivity index (χ3n) is 5.97. The Bertz CT molecular complexity index is 768. The van der Waals surface area contributed by atoms with Crippen LogP contribution in [0.15, 0.2) is 54.6 Å². The molecule has 0 spiro atoms. The van der Waals surface area contributed by atoms with Crippen molar-refractivity contribution in [3.63, 3.8) is 0 Å². The van der Waals surface area contributed by atoms with Crippen LogP contribution in [0.5, 0.6) is 0 Å². The maximum absolute atomic E-state index is 12.4. The summed E-state index contributed by atoms with van der Waals surface area (Å²) in [5, 5.41) is 2.94. The molecule has 32 heavy (non-hydrogen) atoms. The van der Waals surface area contributed by atoms with E-state index in [1.165, 1.54) is 70.6 Å². The Morgan fingerprint density at radius 1 is 0.594 bits per heavy atom. The lowest BCUT2D eigenvalue weighted by Gasteiger charge is -2.07. The third-order valence-corrected chi connectivity index (χ3v) is 5.97. The van der Waals surface area contributed by atoms with Gasteiger partial charge in [0.05, 0.1) is 0 Å². The molecule has 2 rings (SSSR count). The van der Waals surface area contributed by atoms with Crippen molar-refractivity contribution in [3.05, 3.63) is 65.7 Å². The maximum Gasteiger partial charge on any atom is 0.224 e. The summed E-state index contributed by atoms with van der Waals surface area (Å²) in [6.07, 6.45) is 17.5. The van der Waals surface area contributed by atoms with Crippen molar-refractivity contribution >= 4 is 17.4 Å². The molecule has 0 aliphatic carbocycles. The second kappa shape index (κ2) is 16.2. The Morgan fingerprint density at radius 2 is 1.06 bits per heavy atom. The number of benzene rings is 2. The summed E-state index contributed by atoms with van der Waals surface area (Å²) in [7, 11) is 0. The number of carbonyl (C=O) groups excluding carboxylic acids is 2. The van der Waals surface area contributed by atoms with Gasteiger partial charge in [0.15, 0.2) is 5.78 Å². The molecule has 1 N–H and O–H groups in total. The topological polar surface area (TPSA) is 46.2 Å². The Morgan fingerprint density at radius 3 is 1.59 bits per heavy atom. The van der Waals surface area contributed by atoms with Crippen LogP contribution in [-0.2, 0) is 4.79 Å². The van der Waals surface area contributed by atoms with Crippen LogP contribution in [0, 0.1) is 0 Å². The molecule has 0 atom stereocenters. The van der Waals surface area contributed by atoms with E-state index in [-0.39, 0.29) is 11.7 Å². The van der Waals surface area contributed by atoms with Crippen molar-refractivity contribution in [2.75, 3.05) is 5.32 Å². The van der Waals surface area contributed by atoms with Gasteiger partial charge in [-0.05, 0) is 30.7 Å². The zero-order valence-electron chi connectivity index (χ0n) is 19.9. The maximum atomic E-state index is 12.4. The van der Waals surface area contributed by atoms with Gasteiger partial charge in [0.2, 0.25) is 5.91 Å². The van der Waals surface area contributed by atoms with Gasteiger partial charge < -0.3 is 5.32 Å². The molecule has 3 heteroatoms. The average Bonchev–Trinajstić information content (AvgIpc) is 2.82. The summed E-state index contributed by atoms with van der Waals surface area (Å²) in [5.74, 6) is 0.0469. The summed E-state index contributed by atoms with van der Waals surface area (Å²) >= 11 is 0. The SMILES string of the molecule is CCCCCCCCCCCCCCCC(=O)Nc1ccc(C(=O)c2ccccc2)cc1. The first-order valence-corrected chi connectivity index (χ1v) is 12.7. The number of rotatable bonds is 17. The van der Waals surface area contributed by atoms with Crippen LogP contribution in [0.2, 0.25) is 0 Å². The van der Waals surface area contributed by atoms with Gasteiger partial charge in [-0.3, -0.25) is 9.59 Å². The molecule has 0 heterocycles. The molecule has 0 fully saturated rings. The van der Waals surface area contributed by atoms with E-state index < -0.39 is 0 Å². The Kier molecular flexibility index (Phi) is 13.1. The van der Waals surface area contributed by atoms with E-state index in [1.807, 2.05) is 30.3 Å². The molecule has 0 saturated carbocycles. The quantitative estimate of drug-likeness (QED) is 0.200. The van der Waals surface area contributed by atoms with E-state index in [0.717, 1.165) is 18.5 Å². The first kappa shape index (κ1) is 25.8. The Balaban J connectivity index is 1.50. The fourth-order valence-corrected chi connectivity index (χ4v) is 3.99. The molecule has 0 aromatic heterocycles. The molecule has 0 radical (unpaired) electrons. The zero-order chi connectivity index (χ0) is 22.9. The monoisotopic (exact) mass is 435 g/mol. The number of carbonyl (C=O) groups is 2. The molecule has 0 aliphatic rings. The summed E-state index contributed by atoms with van der Waals surface area (Å²) in [4.78, 5) is 24.6. The standard InChI is InChI=1S/C29H41NO2/c1-2-3-4-5-6-7-8-9-10-11-12-13-17-20-28(31)30-27-23-21-26(22-24-27)29(32)25-18-15-14-16-19-25/h14-16,18-19,21-24H,2-13,17,20H2,1H3,(H,30,31). The second-order valence-corrected chi connectivity index (χ2v) is 8.81. The van der Waals surface area contributed by atoms with Gasteiger partial charge in [-0.25, -0.2) is 0 Å². The average molecular weight is 436 g/mol. The summed E-state index contributed by atoms with van der Waals surface area (Å²) in [6, 6.07) is 16.4. The number of nitrogens with one attached hydrogen (secondary N) is 1. The van der Waals surface area contributed by atoms with Crippen LogP contribution in [0.25, 0.3) is 0 Å². The third kappa shape index (κ3) is 10.7. The van der Waals surface area contributed by atoms with Crippen LogP contribution >= 0.6 is 0 Å². The van der Waals surface area contributed by atoms with Gasteiger partial charge in [-0.1, -0.05) is 114 Å². The number of hydrogen-bond donors (Lipinski definition) is 1. The molecule has 0 unspecified atom stereocenters. The van der Waals surface area contributed by atoms with Crippen molar-refractivity contribution in [1.29, 1.82) is 0 Å². The highest BCUT2D eigenvalue weighted by Gasteiger charge is 2.09. The van der Waals surface area contributed by atoms with Crippen molar-refractivity contribution in [2.45, 2.75) is 96.8 Å². The van der Waals surface area contributed by atoms with E-state index in [9.17, 15) is 9.59 Å². The lowest BCUT2D eigenvalue weighted by atomic mass is 10.0. The molecule has 0 saturated heterocycles. The number of amides is 1. The van der Waals surface area contributed by atoms with E-state index >= 15 is 0 Å². The lowest BCUT2D eigenvalue weighted by molar-refractivity contribution is -0.116. The first-order chi connectivity index (χ1) is 15.7. The van der Waals surface area contributed by atoms with Gasteiger partial charge in [-0.2, -0.15) is 0 Å². The molecule has 2 aromatic carbocycles. The number of hydrogen-bond acceptors (Lipinski definition) is 2. The van der Waals surface area contributed by atoms with E-state index in [2.05, 4.69) is 12.2 Å². The summed E-state index contributed by atoms with van der Waals surface area (Å²) < 4.78 is 0. The van der Waals surface area contributed by atoms with Crippen LogP contribution in [0.1, 0.15) is 113 Å². The van der Waals surface area contributed by atoms with Gasteiger partial charge in [0.1, 0.15) is 0 Å². The van der Waals surface area contributed by atoms with Crippen LogP contribution in [0.3, 0.4) is 0 Å². The predicted molar refractivity (Wildman–Crippen MR) is 135 cm³/mol. The van der Waals surface area contributed by atoms with Gasteiger partial charge >= 0.3 is 0 Å². The van der Waals surface area contributed by atoms with Crippen LogP contribution in [-0.4, -0.2) is 11.7 Å².